The third-order valence-corrected chi connectivity index (χ3v) is 4.54. The summed E-state index contributed by atoms with van der Waals surface area (Å²) in [5, 5.41) is 10.2. The van der Waals surface area contributed by atoms with E-state index in [1.54, 1.807) is 11.3 Å². The molecule has 2 aromatic rings. The molecule has 0 radical (unpaired) electrons. The van der Waals surface area contributed by atoms with Crippen LogP contribution in [-0.2, 0) is 16.1 Å². The van der Waals surface area contributed by atoms with Gasteiger partial charge in [0, 0.05) is 6.54 Å². The predicted octanol–water partition coefficient (Wildman–Crippen LogP) is 2.57. The van der Waals surface area contributed by atoms with Crippen molar-refractivity contribution in [3.05, 3.63) is 23.4 Å². The third-order valence-electron chi connectivity index (χ3n) is 3.68. The van der Waals surface area contributed by atoms with Gasteiger partial charge in [-0.05, 0) is 37.8 Å². The van der Waals surface area contributed by atoms with Crippen LogP contribution in [0.5, 0.6) is 0 Å². The van der Waals surface area contributed by atoms with E-state index in [-0.39, 0.29) is 11.9 Å². The summed E-state index contributed by atoms with van der Waals surface area (Å²) in [6, 6.07) is 3.91. The largest absolute Gasteiger partial charge is 0.466 e. The molecule has 0 aliphatic carbocycles. The zero-order valence-electron chi connectivity index (χ0n) is 12.5. The van der Waals surface area contributed by atoms with Crippen LogP contribution in [0.2, 0.25) is 0 Å². The number of hydrogen-bond donors (Lipinski definition) is 0. The molecule has 1 unspecified atom stereocenters. The van der Waals surface area contributed by atoms with E-state index in [0.717, 1.165) is 24.3 Å². The number of thiophene rings is 1. The number of nitrogens with zero attached hydrogens (tertiary/aromatic N) is 3. The van der Waals surface area contributed by atoms with E-state index < -0.39 is 0 Å². The lowest BCUT2D eigenvalue weighted by molar-refractivity contribution is -0.150. The molecule has 22 heavy (non-hydrogen) atoms. The summed E-state index contributed by atoms with van der Waals surface area (Å²) in [5.74, 6) is 1.00. The minimum Gasteiger partial charge on any atom is -0.466 e. The first kappa shape index (κ1) is 15.2. The molecule has 0 amide bonds. The Bertz CT molecular complexity index is 611. The average molecular weight is 321 g/mol. The van der Waals surface area contributed by atoms with Gasteiger partial charge in [0.1, 0.15) is 0 Å². The zero-order valence-corrected chi connectivity index (χ0v) is 13.3. The highest BCUT2D eigenvalue weighted by Crippen LogP contribution is 2.24. The number of piperidine rings is 1. The number of aromatic nitrogens is 2. The molecule has 7 heteroatoms. The monoisotopic (exact) mass is 321 g/mol. The number of carbonyl (C=O) groups excluding carboxylic acids is 1. The second-order valence-corrected chi connectivity index (χ2v) is 6.25. The van der Waals surface area contributed by atoms with Gasteiger partial charge in [-0.1, -0.05) is 6.07 Å². The molecule has 0 aromatic carbocycles. The summed E-state index contributed by atoms with van der Waals surface area (Å²) >= 11 is 1.57. The summed E-state index contributed by atoms with van der Waals surface area (Å²) in [4.78, 5) is 15.0. The van der Waals surface area contributed by atoms with Crippen molar-refractivity contribution in [1.82, 2.24) is 15.1 Å². The van der Waals surface area contributed by atoms with Crippen molar-refractivity contribution in [2.75, 3.05) is 19.7 Å². The van der Waals surface area contributed by atoms with Crippen molar-refractivity contribution in [2.45, 2.75) is 26.3 Å². The van der Waals surface area contributed by atoms with Crippen LogP contribution in [-0.4, -0.2) is 40.8 Å². The van der Waals surface area contributed by atoms with Crippen molar-refractivity contribution >= 4 is 17.3 Å². The molecule has 1 aliphatic rings. The summed E-state index contributed by atoms with van der Waals surface area (Å²) in [7, 11) is 0. The topological polar surface area (TPSA) is 68.5 Å². The molecule has 1 aliphatic heterocycles. The number of rotatable bonds is 5. The number of ether oxygens (including phenoxy) is 1. The van der Waals surface area contributed by atoms with Gasteiger partial charge in [0.15, 0.2) is 0 Å². The lowest BCUT2D eigenvalue weighted by Crippen LogP contribution is -2.39. The third kappa shape index (κ3) is 3.53. The standard InChI is InChI=1S/C15H19N3O3S/c1-2-20-15(19)11-5-3-7-18(9-11)10-13-16-17-14(21-13)12-6-4-8-22-12/h4,6,8,11H,2-3,5,7,9-10H2,1H3. The maximum Gasteiger partial charge on any atom is 0.310 e. The van der Waals surface area contributed by atoms with Gasteiger partial charge in [-0.2, -0.15) is 0 Å². The van der Waals surface area contributed by atoms with E-state index in [4.69, 9.17) is 9.15 Å². The maximum absolute atomic E-state index is 11.9. The Labute approximate surface area is 133 Å². The van der Waals surface area contributed by atoms with Crippen LogP contribution >= 0.6 is 11.3 Å². The van der Waals surface area contributed by atoms with Gasteiger partial charge in [0.05, 0.1) is 23.9 Å². The number of likely N-dealkylation sites (tertiary alicyclic amines) is 1. The molecular formula is C15H19N3O3S. The molecule has 0 N–H and O–H groups in total. The lowest BCUT2D eigenvalue weighted by atomic mass is 9.98. The molecule has 2 aromatic heterocycles. The second-order valence-electron chi connectivity index (χ2n) is 5.30. The van der Waals surface area contributed by atoms with Crippen LogP contribution in [0.1, 0.15) is 25.7 Å². The first-order valence-electron chi connectivity index (χ1n) is 7.51. The fourth-order valence-electron chi connectivity index (χ4n) is 2.66. The molecule has 0 bridgehead atoms. The van der Waals surface area contributed by atoms with Crippen molar-refractivity contribution in [1.29, 1.82) is 0 Å². The van der Waals surface area contributed by atoms with Crippen LogP contribution in [0, 0.1) is 5.92 Å². The summed E-state index contributed by atoms with van der Waals surface area (Å²) in [5.41, 5.74) is 0. The molecule has 1 saturated heterocycles. The molecule has 0 saturated carbocycles. The molecule has 6 nitrogen and oxygen atoms in total. The quantitative estimate of drug-likeness (QED) is 0.788. The van der Waals surface area contributed by atoms with E-state index in [1.165, 1.54) is 0 Å². The van der Waals surface area contributed by atoms with E-state index >= 15 is 0 Å². The Morgan fingerprint density at radius 1 is 1.55 bits per heavy atom. The Morgan fingerprint density at radius 2 is 2.45 bits per heavy atom. The molecule has 0 spiro atoms. The van der Waals surface area contributed by atoms with E-state index in [9.17, 15) is 4.79 Å². The highest BCUT2D eigenvalue weighted by molar-refractivity contribution is 7.13. The Kier molecular flexibility index (Phi) is 4.84. The van der Waals surface area contributed by atoms with Crippen LogP contribution in [0.15, 0.2) is 21.9 Å². The minimum atomic E-state index is -0.1000. The normalized spacial score (nSPS) is 19.2. The summed E-state index contributed by atoms with van der Waals surface area (Å²) < 4.78 is 10.8. The Balaban J connectivity index is 1.60. The SMILES string of the molecule is CCOC(=O)C1CCCN(Cc2nnc(-c3cccs3)o2)C1. The molecular weight excluding hydrogens is 302 g/mol. The van der Waals surface area contributed by atoms with Gasteiger partial charge in [-0.3, -0.25) is 9.69 Å². The Morgan fingerprint density at radius 3 is 3.23 bits per heavy atom. The fourth-order valence-corrected chi connectivity index (χ4v) is 3.30. The van der Waals surface area contributed by atoms with Gasteiger partial charge >= 0.3 is 5.97 Å². The predicted molar refractivity (Wildman–Crippen MR) is 82.2 cm³/mol. The van der Waals surface area contributed by atoms with Crippen LogP contribution in [0.4, 0.5) is 0 Å². The van der Waals surface area contributed by atoms with Crippen molar-refractivity contribution in [2.24, 2.45) is 5.92 Å². The summed E-state index contributed by atoms with van der Waals surface area (Å²) in [6.07, 6.45) is 1.87. The molecule has 1 atom stereocenters. The van der Waals surface area contributed by atoms with Crippen molar-refractivity contribution in [3.63, 3.8) is 0 Å². The van der Waals surface area contributed by atoms with Gasteiger partial charge in [-0.25, -0.2) is 0 Å². The van der Waals surface area contributed by atoms with Crippen molar-refractivity contribution in [3.8, 4) is 10.8 Å². The van der Waals surface area contributed by atoms with Crippen LogP contribution < -0.4 is 0 Å². The van der Waals surface area contributed by atoms with E-state index in [1.807, 2.05) is 24.4 Å². The van der Waals surface area contributed by atoms with Gasteiger partial charge < -0.3 is 9.15 Å². The zero-order chi connectivity index (χ0) is 15.4. The highest BCUT2D eigenvalue weighted by atomic mass is 32.1. The van der Waals surface area contributed by atoms with Crippen LogP contribution in [0.25, 0.3) is 10.8 Å². The number of carbonyl (C=O) groups is 1. The average Bonchev–Trinajstić information content (AvgIpc) is 3.18. The smallest absolute Gasteiger partial charge is 0.310 e. The van der Waals surface area contributed by atoms with Gasteiger partial charge in [0.2, 0.25) is 5.89 Å². The highest BCUT2D eigenvalue weighted by Gasteiger charge is 2.27. The lowest BCUT2D eigenvalue weighted by Gasteiger charge is -2.30. The first-order valence-corrected chi connectivity index (χ1v) is 8.39. The van der Waals surface area contributed by atoms with E-state index in [0.29, 0.717) is 31.5 Å². The second kappa shape index (κ2) is 7.02. The van der Waals surface area contributed by atoms with Gasteiger partial charge in [0.25, 0.3) is 5.89 Å². The number of esters is 1. The number of hydrogen-bond acceptors (Lipinski definition) is 7. The molecule has 3 heterocycles. The molecule has 3 rings (SSSR count). The van der Waals surface area contributed by atoms with Gasteiger partial charge in [-0.15, -0.1) is 21.5 Å². The molecule has 118 valence electrons. The maximum atomic E-state index is 11.9. The van der Waals surface area contributed by atoms with E-state index in [2.05, 4.69) is 15.1 Å². The first-order chi connectivity index (χ1) is 10.8. The molecule has 1 fully saturated rings. The van der Waals surface area contributed by atoms with Crippen molar-refractivity contribution < 1.29 is 13.9 Å². The minimum absolute atomic E-state index is 0.0478. The summed E-state index contributed by atoms with van der Waals surface area (Å²) in [6.45, 7) is 4.47. The fraction of sp³-hybridized carbons (Fsp3) is 0.533. The van der Waals surface area contributed by atoms with Crippen LogP contribution in [0.3, 0.4) is 0 Å². The Hall–Kier alpha value is -1.73.